The zero-order valence-corrected chi connectivity index (χ0v) is 13.3. The third-order valence-corrected chi connectivity index (χ3v) is 5.26. The first-order valence-electron chi connectivity index (χ1n) is 7.68. The Hall–Kier alpha value is -1.81. The molecule has 0 aliphatic heterocycles. The molecule has 4 heteroatoms. The summed E-state index contributed by atoms with van der Waals surface area (Å²) >= 11 is 1.76. The summed E-state index contributed by atoms with van der Waals surface area (Å²) in [5.74, 6) is 0.608. The lowest BCUT2D eigenvalue weighted by Gasteiger charge is -2.24. The van der Waals surface area contributed by atoms with Gasteiger partial charge in [-0.25, -0.2) is 0 Å². The molecule has 1 N–H and O–H groups in total. The molecule has 1 aliphatic carbocycles. The number of nitrogens with one attached hydrogen (secondary N) is 1. The number of fused-ring (bicyclic) bond motifs is 1. The minimum absolute atomic E-state index is 0.0944. The van der Waals surface area contributed by atoms with E-state index in [1.807, 2.05) is 12.1 Å². The van der Waals surface area contributed by atoms with Gasteiger partial charge in [-0.1, -0.05) is 30.3 Å². The van der Waals surface area contributed by atoms with Crippen molar-refractivity contribution in [2.45, 2.75) is 31.1 Å². The Labute approximate surface area is 135 Å². The second kappa shape index (κ2) is 7.45. The molecular formula is C18H20N2OS. The summed E-state index contributed by atoms with van der Waals surface area (Å²) < 4.78 is 0. The van der Waals surface area contributed by atoms with Gasteiger partial charge in [0.15, 0.2) is 0 Å². The fourth-order valence-corrected chi connectivity index (χ4v) is 4.01. The molecule has 3 nitrogen and oxygen atoms in total. The predicted octanol–water partition coefficient (Wildman–Crippen LogP) is 3.51. The van der Waals surface area contributed by atoms with Crippen LogP contribution in [0.4, 0.5) is 0 Å². The molecule has 1 aromatic heterocycles. The molecule has 22 heavy (non-hydrogen) atoms. The van der Waals surface area contributed by atoms with Crippen LogP contribution in [0, 0.1) is 0 Å². The van der Waals surface area contributed by atoms with Gasteiger partial charge in [0.1, 0.15) is 0 Å². The van der Waals surface area contributed by atoms with Crippen LogP contribution in [-0.4, -0.2) is 16.6 Å². The highest BCUT2D eigenvalue weighted by atomic mass is 32.2. The minimum atomic E-state index is 0.0944. The van der Waals surface area contributed by atoms with E-state index in [9.17, 15) is 4.79 Å². The number of rotatable bonds is 5. The highest BCUT2D eigenvalue weighted by molar-refractivity contribution is 8.00. The van der Waals surface area contributed by atoms with E-state index < -0.39 is 0 Å². The van der Waals surface area contributed by atoms with Crippen LogP contribution < -0.4 is 5.32 Å². The highest BCUT2D eigenvalue weighted by Crippen LogP contribution is 2.39. The Kier molecular flexibility index (Phi) is 5.11. The molecule has 3 rings (SSSR count). The molecule has 0 fully saturated rings. The molecule has 0 saturated heterocycles. The fourth-order valence-electron chi connectivity index (χ4n) is 2.81. The van der Waals surface area contributed by atoms with Crippen molar-refractivity contribution in [3.63, 3.8) is 0 Å². The quantitative estimate of drug-likeness (QED) is 0.918. The molecule has 0 bridgehead atoms. The number of aromatic nitrogens is 1. The first-order chi connectivity index (χ1) is 10.8. The first-order valence-corrected chi connectivity index (χ1v) is 8.73. The van der Waals surface area contributed by atoms with Crippen molar-refractivity contribution in [3.05, 3.63) is 65.5 Å². The number of pyridine rings is 1. The molecule has 1 aliphatic rings. The van der Waals surface area contributed by atoms with Gasteiger partial charge < -0.3 is 5.32 Å². The van der Waals surface area contributed by atoms with Crippen LogP contribution in [0.1, 0.15) is 34.8 Å². The average molecular weight is 312 g/mol. The van der Waals surface area contributed by atoms with Crippen LogP contribution in [0.5, 0.6) is 0 Å². The third-order valence-electron chi connectivity index (χ3n) is 3.94. The molecule has 1 atom stereocenters. The summed E-state index contributed by atoms with van der Waals surface area (Å²) in [6.07, 6.45) is 7.07. The van der Waals surface area contributed by atoms with Crippen molar-refractivity contribution in [2.75, 3.05) is 5.75 Å². The van der Waals surface area contributed by atoms with Crippen molar-refractivity contribution < 1.29 is 4.79 Å². The van der Waals surface area contributed by atoms with Crippen LogP contribution in [0.3, 0.4) is 0 Å². The van der Waals surface area contributed by atoms with Gasteiger partial charge >= 0.3 is 0 Å². The van der Waals surface area contributed by atoms with Crippen molar-refractivity contribution in [2.24, 2.45) is 0 Å². The van der Waals surface area contributed by atoms with Gasteiger partial charge in [0.05, 0.1) is 5.75 Å². The van der Waals surface area contributed by atoms with Crippen molar-refractivity contribution >= 4 is 17.7 Å². The van der Waals surface area contributed by atoms with E-state index in [4.69, 9.17) is 0 Å². The minimum Gasteiger partial charge on any atom is -0.351 e. The summed E-state index contributed by atoms with van der Waals surface area (Å²) in [6, 6.07) is 12.5. The number of thioether (sulfide) groups is 1. The van der Waals surface area contributed by atoms with Crippen molar-refractivity contribution in [1.82, 2.24) is 10.3 Å². The molecule has 1 amide bonds. The van der Waals surface area contributed by atoms with E-state index in [0.29, 0.717) is 17.5 Å². The molecule has 0 radical (unpaired) electrons. The van der Waals surface area contributed by atoms with E-state index in [1.165, 1.54) is 24.0 Å². The van der Waals surface area contributed by atoms with Gasteiger partial charge in [0.2, 0.25) is 5.91 Å². The van der Waals surface area contributed by atoms with Gasteiger partial charge in [-0.15, -0.1) is 11.8 Å². The lowest BCUT2D eigenvalue weighted by molar-refractivity contribution is -0.118. The average Bonchev–Trinajstić information content (AvgIpc) is 2.59. The Morgan fingerprint density at radius 2 is 2.18 bits per heavy atom. The van der Waals surface area contributed by atoms with Gasteiger partial charge in [0.25, 0.3) is 0 Å². The molecule has 114 valence electrons. The molecule has 0 spiro atoms. The topological polar surface area (TPSA) is 42.0 Å². The number of hydrogen-bond donors (Lipinski definition) is 1. The molecule has 1 heterocycles. The van der Waals surface area contributed by atoms with E-state index in [-0.39, 0.29) is 5.91 Å². The molecule has 2 aromatic rings. The molecule has 1 unspecified atom stereocenters. The number of amides is 1. The molecule has 1 aromatic carbocycles. The van der Waals surface area contributed by atoms with Crippen molar-refractivity contribution in [1.29, 1.82) is 0 Å². The fraction of sp³-hybridized carbons (Fsp3) is 0.333. The van der Waals surface area contributed by atoms with E-state index >= 15 is 0 Å². The van der Waals surface area contributed by atoms with Crippen LogP contribution in [0.15, 0.2) is 48.8 Å². The number of aryl methyl sites for hydroxylation is 1. The Balaban J connectivity index is 1.50. The maximum Gasteiger partial charge on any atom is 0.230 e. The Bertz CT molecular complexity index is 630. The normalized spacial score (nSPS) is 16.8. The standard InChI is InChI=1S/C18H20N2OS/c21-18(20-12-14-5-4-10-19-11-14)13-22-17-9-3-7-15-6-1-2-8-16(15)17/h1-2,4-6,8,10-11,17H,3,7,9,12-13H2,(H,20,21). The monoisotopic (exact) mass is 312 g/mol. The van der Waals surface area contributed by atoms with Gasteiger partial charge in [-0.05, 0) is 42.0 Å². The zero-order valence-electron chi connectivity index (χ0n) is 12.5. The Morgan fingerprint density at radius 1 is 1.27 bits per heavy atom. The summed E-state index contributed by atoms with van der Waals surface area (Å²) in [7, 11) is 0. The second-order valence-corrected chi connectivity index (χ2v) is 6.72. The van der Waals surface area contributed by atoms with E-state index in [2.05, 4.69) is 34.6 Å². The zero-order chi connectivity index (χ0) is 15.2. The first kappa shape index (κ1) is 15.1. The van der Waals surface area contributed by atoms with Gasteiger partial charge in [-0.3, -0.25) is 9.78 Å². The summed E-state index contributed by atoms with van der Waals surface area (Å²) in [5, 5.41) is 3.42. The van der Waals surface area contributed by atoms with Crippen LogP contribution in [0.25, 0.3) is 0 Å². The van der Waals surface area contributed by atoms with E-state index in [1.54, 1.807) is 24.2 Å². The molecular weight excluding hydrogens is 292 g/mol. The number of carbonyl (C=O) groups excluding carboxylic acids is 1. The number of carbonyl (C=O) groups is 1. The molecule has 0 saturated carbocycles. The van der Waals surface area contributed by atoms with Crippen molar-refractivity contribution in [3.8, 4) is 0 Å². The lowest BCUT2D eigenvalue weighted by atomic mass is 9.91. The largest absolute Gasteiger partial charge is 0.351 e. The van der Waals surface area contributed by atoms with Crippen LogP contribution in [-0.2, 0) is 17.8 Å². The van der Waals surface area contributed by atoms with Crippen LogP contribution in [0.2, 0.25) is 0 Å². The summed E-state index contributed by atoms with van der Waals surface area (Å²) in [4.78, 5) is 16.1. The highest BCUT2D eigenvalue weighted by Gasteiger charge is 2.20. The number of nitrogens with zero attached hydrogens (tertiary/aromatic N) is 1. The maximum atomic E-state index is 12.0. The lowest BCUT2D eigenvalue weighted by Crippen LogP contribution is -2.25. The number of benzene rings is 1. The van der Waals surface area contributed by atoms with E-state index in [0.717, 1.165) is 12.0 Å². The predicted molar refractivity (Wildman–Crippen MR) is 90.7 cm³/mol. The SMILES string of the molecule is O=C(CSC1CCCc2ccccc21)NCc1cccnc1. The summed E-state index contributed by atoms with van der Waals surface area (Å²) in [6.45, 7) is 0.550. The maximum absolute atomic E-state index is 12.0. The Morgan fingerprint density at radius 3 is 3.05 bits per heavy atom. The second-order valence-electron chi connectivity index (χ2n) is 5.53. The smallest absolute Gasteiger partial charge is 0.230 e. The third kappa shape index (κ3) is 3.89. The van der Waals surface area contributed by atoms with Gasteiger partial charge in [-0.2, -0.15) is 0 Å². The summed E-state index contributed by atoms with van der Waals surface area (Å²) in [5.41, 5.74) is 3.89. The van der Waals surface area contributed by atoms with Crippen LogP contribution >= 0.6 is 11.8 Å². The number of hydrogen-bond acceptors (Lipinski definition) is 3. The van der Waals surface area contributed by atoms with Gasteiger partial charge in [0, 0.05) is 24.2 Å².